The molecule has 118 valence electrons. The third-order valence-electron chi connectivity index (χ3n) is 4.03. The van der Waals surface area contributed by atoms with Gasteiger partial charge in [0.2, 0.25) is 0 Å². The lowest BCUT2D eigenvalue weighted by Gasteiger charge is -2.03. The van der Waals surface area contributed by atoms with Crippen LogP contribution in [0.4, 0.5) is 4.39 Å². The summed E-state index contributed by atoms with van der Waals surface area (Å²) in [6, 6.07) is 11.8. The third-order valence-corrected chi connectivity index (χ3v) is 4.03. The van der Waals surface area contributed by atoms with E-state index in [2.05, 4.69) is 4.98 Å². The number of aliphatic hydroxyl groups excluding tert-OH is 1. The fraction of sp³-hybridized carbons (Fsp3) is 0.211. The number of Topliss-reactive ketones (excluding diaryl/α,β-unsaturated/α-hetero) is 1. The Morgan fingerprint density at radius 1 is 1.17 bits per heavy atom. The minimum atomic E-state index is -0.311. The van der Waals surface area contributed by atoms with Gasteiger partial charge in [0.15, 0.2) is 5.78 Å². The summed E-state index contributed by atoms with van der Waals surface area (Å²) in [5, 5.41) is 10.1. The summed E-state index contributed by atoms with van der Waals surface area (Å²) in [5.41, 5.74) is 3.93. The van der Waals surface area contributed by atoms with Crippen molar-refractivity contribution in [2.75, 3.05) is 6.61 Å². The summed E-state index contributed by atoms with van der Waals surface area (Å²) < 4.78 is 13.2. The molecule has 3 nitrogen and oxygen atoms in total. The fourth-order valence-electron chi connectivity index (χ4n) is 2.91. The van der Waals surface area contributed by atoms with Crippen molar-refractivity contribution in [1.82, 2.24) is 4.98 Å². The lowest BCUT2D eigenvalue weighted by atomic mass is 9.99. The summed E-state index contributed by atoms with van der Waals surface area (Å²) >= 11 is 0. The monoisotopic (exact) mass is 311 g/mol. The lowest BCUT2D eigenvalue weighted by molar-refractivity contribution is 0.0990. The molecule has 0 spiro atoms. The van der Waals surface area contributed by atoms with Gasteiger partial charge in [0.25, 0.3) is 0 Å². The Morgan fingerprint density at radius 3 is 2.57 bits per heavy atom. The van der Waals surface area contributed by atoms with Crippen LogP contribution in [0.3, 0.4) is 0 Å². The van der Waals surface area contributed by atoms with Gasteiger partial charge in [-0.15, -0.1) is 0 Å². The van der Waals surface area contributed by atoms with Crippen LogP contribution in [0.25, 0.3) is 22.2 Å². The summed E-state index contributed by atoms with van der Waals surface area (Å²) in [4.78, 5) is 15.8. The smallest absolute Gasteiger partial charge is 0.165 e. The number of aromatic nitrogens is 1. The average Bonchev–Trinajstić information content (AvgIpc) is 2.95. The molecule has 2 aromatic carbocycles. The molecule has 4 heteroatoms. The first-order chi connectivity index (χ1) is 11.2. The topological polar surface area (TPSA) is 53.1 Å². The number of aliphatic hydroxyl groups is 1. The van der Waals surface area contributed by atoms with Crippen LogP contribution >= 0.6 is 0 Å². The second kappa shape index (κ2) is 6.34. The Kier molecular flexibility index (Phi) is 4.26. The number of benzene rings is 2. The van der Waals surface area contributed by atoms with Crippen molar-refractivity contribution in [1.29, 1.82) is 0 Å². The predicted octanol–water partition coefficient (Wildman–Crippen LogP) is 4.10. The molecule has 0 bridgehead atoms. The zero-order valence-corrected chi connectivity index (χ0v) is 12.9. The molecule has 2 N–H and O–H groups in total. The summed E-state index contributed by atoms with van der Waals surface area (Å²) in [5.74, 6) is -0.272. The molecule has 0 amide bonds. The Morgan fingerprint density at radius 2 is 1.91 bits per heavy atom. The van der Waals surface area contributed by atoms with Gasteiger partial charge in [-0.2, -0.15) is 0 Å². The van der Waals surface area contributed by atoms with E-state index in [1.807, 2.05) is 25.1 Å². The molecule has 0 aliphatic rings. The van der Waals surface area contributed by atoms with E-state index < -0.39 is 0 Å². The normalized spacial score (nSPS) is 11.1. The van der Waals surface area contributed by atoms with Gasteiger partial charge >= 0.3 is 0 Å². The first-order valence-electron chi connectivity index (χ1n) is 7.69. The minimum Gasteiger partial charge on any atom is -0.396 e. The van der Waals surface area contributed by atoms with Gasteiger partial charge in [-0.3, -0.25) is 4.79 Å². The van der Waals surface area contributed by atoms with Crippen LogP contribution in [0.5, 0.6) is 0 Å². The molecule has 1 heterocycles. The van der Waals surface area contributed by atoms with Crippen LogP contribution in [-0.2, 0) is 6.42 Å². The van der Waals surface area contributed by atoms with Crippen molar-refractivity contribution in [3.8, 4) is 11.3 Å². The largest absolute Gasteiger partial charge is 0.396 e. The molecule has 3 rings (SSSR count). The van der Waals surface area contributed by atoms with Crippen molar-refractivity contribution < 1.29 is 14.3 Å². The molecule has 0 atom stereocenters. The molecule has 1 aromatic heterocycles. The second-order valence-electron chi connectivity index (χ2n) is 5.47. The highest BCUT2D eigenvalue weighted by Crippen LogP contribution is 2.33. The molecule has 23 heavy (non-hydrogen) atoms. The minimum absolute atomic E-state index is 0.0386. The van der Waals surface area contributed by atoms with Crippen LogP contribution in [0.15, 0.2) is 42.5 Å². The number of para-hydroxylation sites is 1. The van der Waals surface area contributed by atoms with Gasteiger partial charge < -0.3 is 10.1 Å². The number of ketones is 1. The first-order valence-corrected chi connectivity index (χ1v) is 7.69. The Balaban J connectivity index is 2.29. The second-order valence-corrected chi connectivity index (χ2v) is 5.47. The van der Waals surface area contributed by atoms with E-state index in [4.69, 9.17) is 0 Å². The van der Waals surface area contributed by atoms with E-state index >= 15 is 0 Å². The number of halogens is 1. The van der Waals surface area contributed by atoms with Crippen molar-refractivity contribution >= 4 is 16.7 Å². The molecule has 0 aliphatic carbocycles. The Hall–Kier alpha value is -2.46. The highest BCUT2D eigenvalue weighted by Gasteiger charge is 2.19. The molecule has 0 aliphatic heterocycles. The maximum Gasteiger partial charge on any atom is 0.165 e. The average molecular weight is 311 g/mol. The van der Waals surface area contributed by atoms with E-state index in [1.54, 1.807) is 12.1 Å². The van der Waals surface area contributed by atoms with Gasteiger partial charge in [0, 0.05) is 23.9 Å². The summed E-state index contributed by atoms with van der Waals surface area (Å²) in [6.07, 6.45) is 0.909. The molecular weight excluding hydrogens is 293 g/mol. The molecule has 0 radical (unpaired) electrons. The van der Waals surface area contributed by atoms with Crippen LogP contribution in [0.2, 0.25) is 0 Å². The zero-order valence-electron chi connectivity index (χ0n) is 12.9. The zero-order chi connectivity index (χ0) is 16.4. The van der Waals surface area contributed by atoms with Crippen molar-refractivity contribution in [2.45, 2.75) is 19.8 Å². The summed E-state index contributed by atoms with van der Waals surface area (Å²) in [6.45, 7) is 1.87. The Bertz CT molecular complexity index is 850. The number of hydrogen-bond donors (Lipinski definition) is 2. The molecule has 0 fully saturated rings. The van der Waals surface area contributed by atoms with E-state index in [0.29, 0.717) is 24.1 Å². The number of H-pyrrole nitrogens is 1. The number of nitrogens with one attached hydrogen (secondary N) is 1. The number of carbonyl (C=O) groups excluding carboxylic acids is 1. The summed E-state index contributed by atoms with van der Waals surface area (Å²) in [7, 11) is 0. The molecule has 0 saturated carbocycles. The van der Waals surface area contributed by atoms with E-state index in [1.165, 1.54) is 12.1 Å². The van der Waals surface area contributed by atoms with Crippen molar-refractivity contribution in [2.24, 2.45) is 0 Å². The maximum atomic E-state index is 13.2. The fourth-order valence-corrected chi connectivity index (χ4v) is 2.91. The standard InChI is InChI=1S/C19H18FNO2/c1-2-16(23)17-15-5-3-4-12(10-11-22)18(15)21-19(17)13-6-8-14(20)9-7-13/h3-9,21-22H,2,10-11H2,1H3. The number of carbonyl (C=O) groups is 1. The number of rotatable bonds is 5. The van der Waals surface area contributed by atoms with E-state index in [0.717, 1.165) is 22.0 Å². The van der Waals surface area contributed by atoms with Crippen molar-refractivity contribution in [3.05, 3.63) is 59.4 Å². The van der Waals surface area contributed by atoms with Gasteiger partial charge in [0.1, 0.15) is 5.82 Å². The molecule has 3 aromatic rings. The van der Waals surface area contributed by atoms with Crippen LogP contribution < -0.4 is 0 Å². The first kappa shape index (κ1) is 15.4. The quantitative estimate of drug-likeness (QED) is 0.697. The van der Waals surface area contributed by atoms with Crippen LogP contribution in [0, 0.1) is 5.82 Å². The van der Waals surface area contributed by atoms with Crippen LogP contribution in [0.1, 0.15) is 29.3 Å². The van der Waals surface area contributed by atoms with Gasteiger partial charge in [0.05, 0.1) is 11.3 Å². The molecular formula is C19H18FNO2. The number of aromatic amines is 1. The van der Waals surface area contributed by atoms with E-state index in [-0.39, 0.29) is 18.2 Å². The Labute approximate surface area is 133 Å². The van der Waals surface area contributed by atoms with Crippen LogP contribution in [-0.4, -0.2) is 22.5 Å². The number of fused-ring (bicyclic) bond motifs is 1. The molecule has 0 saturated heterocycles. The van der Waals surface area contributed by atoms with E-state index in [9.17, 15) is 14.3 Å². The highest BCUT2D eigenvalue weighted by atomic mass is 19.1. The van der Waals surface area contributed by atoms with Gasteiger partial charge in [-0.1, -0.05) is 25.1 Å². The van der Waals surface area contributed by atoms with Crippen molar-refractivity contribution in [3.63, 3.8) is 0 Å². The molecule has 0 unspecified atom stereocenters. The van der Waals surface area contributed by atoms with Gasteiger partial charge in [-0.05, 0) is 41.8 Å². The maximum absolute atomic E-state index is 13.2. The predicted molar refractivity (Wildman–Crippen MR) is 89.1 cm³/mol. The van der Waals surface area contributed by atoms with Gasteiger partial charge in [-0.25, -0.2) is 4.39 Å². The lowest BCUT2D eigenvalue weighted by Crippen LogP contribution is -1.98. The SMILES string of the molecule is CCC(=O)c1c(-c2ccc(F)cc2)[nH]c2c(CCO)cccc12. The highest BCUT2D eigenvalue weighted by molar-refractivity contribution is 6.13. The number of hydrogen-bond acceptors (Lipinski definition) is 2. The third kappa shape index (κ3) is 2.78.